The maximum atomic E-state index is 15.0. The summed E-state index contributed by atoms with van der Waals surface area (Å²) in [6, 6.07) is 15.6. The van der Waals surface area contributed by atoms with E-state index in [1.165, 1.54) is 6.07 Å². The summed E-state index contributed by atoms with van der Waals surface area (Å²) in [4.78, 5) is 29.6. The summed E-state index contributed by atoms with van der Waals surface area (Å²) in [7, 11) is 0. The minimum absolute atomic E-state index is 0.0128. The van der Waals surface area contributed by atoms with Crippen LogP contribution in [-0.2, 0) is 26.1 Å². The second-order valence-electron chi connectivity index (χ2n) is 10.5. The van der Waals surface area contributed by atoms with Gasteiger partial charge in [0.1, 0.15) is 11.6 Å². The average Bonchev–Trinajstić information content (AvgIpc) is 3.66. The van der Waals surface area contributed by atoms with Crippen molar-refractivity contribution in [2.75, 3.05) is 31.1 Å². The number of carbonyl (C=O) groups is 1. The van der Waals surface area contributed by atoms with E-state index < -0.39 is 11.7 Å². The van der Waals surface area contributed by atoms with Gasteiger partial charge in [0.15, 0.2) is 17.4 Å². The van der Waals surface area contributed by atoms with E-state index >= 15 is 0 Å². The van der Waals surface area contributed by atoms with Crippen molar-refractivity contribution in [2.45, 2.75) is 26.1 Å². The molecule has 1 saturated heterocycles. The van der Waals surface area contributed by atoms with Gasteiger partial charge in [0.25, 0.3) is 11.5 Å². The molecule has 0 bridgehead atoms. The molecule has 0 atom stereocenters. The Bertz CT molecular complexity index is 1840. The summed E-state index contributed by atoms with van der Waals surface area (Å²) in [6.07, 6.45) is 0.331. The molecule has 2 aliphatic heterocycles. The number of carbonyl (C=O) groups excluding carboxylic acids is 1. The topological polar surface area (TPSA) is 113 Å². The SMILES string of the molecule is O=C(c1cc(Cc2n[nH]c(=O)c3ccccc23)ccc1F)N1CCn2c(nnc2-c2ccc(CN3CCSCC3)o2)C1. The molecule has 0 saturated carbocycles. The molecule has 2 aliphatic rings. The minimum Gasteiger partial charge on any atom is -0.456 e. The van der Waals surface area contributed by atoms with E-state index in [1.807, 2.05) is 40.6 Å². The van der Waals surface area contributed by atoms with E-state index in [0.29, 0.717) is 53.6 Å². The zero-order chi connectivity index (χ0) is 28.6. The third-order valence-electron chi connectivity index (χ3n) is 7.81. The van der Waals surface area contributed by atoms with Crippen LogP contribution in [0.2, 0.25) is 0 Å². The molecule has 0 spiro atoms. The van der Waals surface area contributed by atoms with Crippen LogP contribution in [0.25, 0.3) is 22.4 Å². The highest BCUT2D eigenvalue weighted by Crippen LogP contribution is 2.26. The molecule has 7 rings (SSSR count). The highest BCUT2D eigenvalue weighted by atomic mass is 32.2. The van der Waals surface area contributed by atoms with E-state index in [0.717, 1.165) is 42.3 Å². The molecule has 214 valence electrons. The monoisotopic (exact) mass is 585 g/mol. The van der Waals surface area contributed by atoms with Crippen LogP contribution in [0, 0.1) is 5.82 Å². The second-order valence-corrected chi connectivity index (χ2v) is 11.7. The second kappa shape index (κ2) is 11.2. The van der Waals surface area contributed by atoms with Crippen molar-refractivity contribution in [1.29, 1.82) is 0 Å². The molecule has 0 aliphatic carbocycles. The Morgan fingerprint density at radius 2 is 1.83 bits per heavy atom. The number of fused-ring (bicyclic) bond motifs is 2. The highest BCUT2D eigenvalue weighted by Gasteiger charge is 2.28. The lowest BCUT2D eigenvalue weighted by Gasteiger charge is -2.28. The van der Waals surface area contributed by atoms with Crippen LogP contribution in [0.3, 0.4) is 0 Å². The fraction of sp³-hybridized carbons (Fsp3) is 0.300. The summed E-state index contributed by atoms with van der Waals surface area (Å²) < 4.78 is 23.0. The molecular formula is C30H28FN7O3S. The van der Waals surface area contributed by atoms with Crippen LogP contribution in [0.1, 0.15) is 33.2 Å². The van der Waals surface area contributed by atoms with Gasteiger partial charge in [0, 0.05) is 49.5 Å². The molecule has 3 aromatic heterocycles. The fourth-order valence-electron chi connectivity index (χ4n) is 5.59. The number of halogens is 1. The van der Waals surface area contributed by atoms with Gasteiger partial charge in [-0.3, -0.25) is 14.5 Å². The number of aromatic nitrogens is 5. The lowest BCUT2D eigenvalue weighted by Crippen LogP contribution is -2.39. The molecule has 12 heteroatoms. The number of furan rings is 1. The molecule has 5 aromatic rings. The quantitative estimate of drug-likeness (QED) is 0.321. The first-order valence-corrected chi connectivity index (χ1v) is 15.0. The smallest absolute Gasteiger partial charge is 0.272 e. The molecule has 0 unspecified atom stereocenters. The molecule has 1 amide bonds. The summed E-state index contributed by atoms with van der Waals surface area (Å²) in [5, 5.41) is 16.7. The predicted octanol–water partition coefficient (Wildman–Crippen LogP) is 3.71. The van der Waals surface area contributed by atoms with E-state index in [4.69, 9.17) is 4.42 Å². The number of rotatable bonds is 6. The van der Waals surface area contributed by atoms with Crippen LogP contribution in [0.5, 0.6) is 0 Å². The van der Waals surface area contributed by atoms with Gasteiger partial charge in [-0.15, -0.1) is 10.2 Å². The predicted molar refractivity (Wildman–Crippen MR) is 157 cm³/mol. The first kappa shape index (κ1) is 26.6. The van der Waals surface area contributed by atoms with Gasteiger partial charge in [-0.25, -0.2) is 9.49 Å². The molecular weight excluding hydrogens is 557 g/mol. The Morgan fingerprint density at radius 1 is 1.00 bits per heavy atom. The Kier molecular flexibility index (Phi) is 7.08. The van der Waals surface area contributed by atoms with E-state index in [-0.39, 0.29) is 17.7 Å². The normalized spacial score (nSPS) is 15.7. The lowest BCUT2D eigenvalue weighted by atomic mass is 10.0. The van der Waals surface area contributed by atoms with Crippen LogP contribution in [0.4, 0.5) is 4.39 Å². The standard InChI is InChI=1S/C30H28FN7O3S/c31-24-7-5-19(16-25-21-3-1-2-4-22(21)29(39)35-32-25)15-23(24)30(40)37-9-10-38-27(18-37)33-34-28(38)26-8-6-20(41-26)17-36-11-13-42-14-12-36/h1-8,15H,9-14,16-18H2,(H,35,39). The summed E-state index contributed by atoms with van der Waals surface area (Å²) >= 11 is 1.97. The largest absolute Gasteiger partial charge is 0.456 e. The number of hydrogen-bond acceptors (Lipinski definition) is 8. The van der Waals surface area contributed by atoms with Crippen molar-refractivity contribution in [2.24, 2.45) is 0 Å². The van der Waals surface area contributed by atoms with Gasteiger partial charge >= 0.3 is 0 Å². The van der Waals surface area contributed by atoms with Crippen molar-refractivity contribution in [3.05, 3.63) is 99.2 Å². The summed E-state index contributed by atoms with van der Waals surface area (Å²) in [5.74, 6) is 4.06. The van der Waals surface area contributed by atoms with Gasteiger partial charge in [0.05, 0.1) is 29.7 Å². The molecule has 1 fully saturated rings. The van der Waals surface area contributed by atoms with E-state index in [1.54, 1.807) is 29.2 Å². The van der Waals surface area contributed by atoms with Crippen LogP contribution >= 0.6 is 11.8 Å². The highest BCUT2D eigenvalue weighted by molar-refractivity contribution is 7.99. The van der Waals surface area contributed by atoms with Gasteiger partial charge in [-0.1, -0.05) is 24.3 Å². The Morgan fingerprint density at radius 3 is 2.69 bits per heavy atom. The van der Waals surface area contributed by atoms with Crippen molar-refractivity contribution >= 4 is 28.4 Å². The number of nitrogens with zero attached hydrogens (tertiary/aromatic N) is 6. The number of amides is 1. The van der Waals surface area contributed by atoms with Crippen molar-refractivity contribution in [3.8, 4) is 11.6 Å². The summed E-state index contributed by atoms with van der Waals surface area (Å²) in [6.45, 7) is 3.93. The first-order chi connectivity index (χ1) is 20.5. The Hall–Kier alpha value is -4.29. The molecule has 2 aromatic carbocycles. The summed E-state index contributed by atoms with van der Waals surface area (Å²) in [5.41, 5.74) is 1.07. The Labute approximate surface area is 244 Å². The number of nitrogens with one attached hydrogen (secondary N) is 1. The number of H-pyrrole nitrogens is 1. The van der Waals surface area contributed by atoms with E-state index in [2.05, 4.69) is 25.3 Å². The molecule has 0 radical (unpaired) electrons. The van der Waals surface area contributed by atoms with Gasteiger partial charge < -0.3 is 13.9 Å². The third-order valence-corrected chi connectivity index (χ3v) is 8.76. The maximum Gasteiger partial charge on any atom is 0.272 e. The average molecular weight is 586 g/mol. The molecule has 1 N–H and O–H groups in total. The molecule has 42 heavy (non-hydrogen) atoms. The Balaban J connectivity index is 1.08. The van der Waals surface area contributed by atoms with Crippen molar-refractivity contribution in [3.63, 3.8) is 0 Å². The minimum atomic E-state index is -0.592. The third kappa shape index (κ3) is 5.12. The van der Waals surface area contributed by atoms with Gasteiger partial charge in [-0.2, -0.15) is 16.9 Å². The zero-order valence-corrected chi connectivity index (χ0v) is 23.6. The fourth-order valence-corrected chi connectivity index (χ4v) is 6.57. The molecule has 10 nitrogen and oxygen atoms in total. The van der Waals surface area contributed by atoms with Crippen LogP contribution < -0.4 is 5.56 Å². The maximum absolute atomic E-state index is 15.0. The van der Waals surface area contributed by atoms with Crippen molar-refractivity contribution in [1.82, 2.24) is 34.8 Å². The first-order valence-electron chi connectivity index (χ1n) is 13.9. The lowest BCUT2D eigenvalue weighted by molar-refractivity contribution is 0.0703. The number of benzene rings is 2. The number of aromatic amines is 1. The zero-order valence-electron chi connectivity index (χ0n) is 22.8. The van der Waals surface area contributed by atoms with E-state index in [9.17, 15) is 14.0 Å². The van der Waals surface area contributed by atoms with Gasteiger partial charge in [0.2, 0.25) is 0 Å². The number of hydrogen-bond donors (Lipinski definition) is 1. The molecule has 5 heterocycles. The van der Waals surface area contributed by atoms with Crippen molar-refractivity contribution < 1.29 is 13.6 Å². The van der Waals surface area contributed by atoms with Crippen LogP contribution in [-0.4, -0.2) is 71.8 Å². The van der Waals surface area contributed by atoms with Crippen LogP contribution in [0.15, 0.2) is 63.8 Å². The number of thioether (sulfide) groups is 1. The van der Waals surface area contributed by atoms with Gasteiger partial charge in [-0.05, 0) is 35.9 Å².